The number of halogens is 1. The minimum Gasteiger partial charge on any atom is -0.379 e. The van der Waals surface area contributed by atoms with E-state index in [0.717, 1.165) is 39.3 Å². The van der Waals surface area contributed by atoms with Crippen LogP contribution in [-0.2, 0) is 14.6 Å². The molecule has 1 atom stereocenters. The lowest BCUT2D eigenvalue weighted by Gasteiger charge is -2.35. The highest BCUT2D eigenvalue weighted by atomic mass is 127. The summed E-state index contributed by atoms with van der Waals surface area (Å²) in [5, 5.41) is 6.48. The number of guanidine groups is 1. The molecule has 1 unspecified atom stereocenters. The summed E-state index contributed by atoms with van der Waals surface area (Å²) in [6, 6.07) is 0.413. The second kappa shape index (κ2) is 12.4. The molecule has 0 amide bonds. The Morgan fingerprint density at radius 2 is 1.78 bits per heavy atom. The van der Waals surface area contributed by atoms with Crippen LogP contribution in [0.15, 0.2) is 4.99 Å². The van der Waals surface area contributed by atoms with Crippen LogP contribution >= 0.6 is 24.0 Å². The van der Waals surface area contributed by atoms with Crippen LogP contribution in [0, 0.1) is 5.92 Å². The average molecular weight is 519 g/mol. The van der Waals surface area contributed by atoms with Crippen molar-refractivity contribution in [2.24, 2.45) is 10.9 Å². The molecule has 1 aliphatic heterocycles. The molecule has 2 N–H and O–H groups in total. The summed E-state index contributed by atoms with van der Waals surface area (Å²) in [6.07, 6.45) is 1.10. The molecule has 1 heterocycles. The highest BCUT2D eigenvalue weighted by Gasteiger charge is 2.28. The zero-order valence-corrected chi connectivity index (χ0v) is 20.9. The summed E-state index contributed by atoms with van der Waals surface area (Å²) >= 11 is 0. The third kappa shape index (κ3) is 9.76. The van der Waals surface area contributed by atoms with E-state index in [9.17, 15) is 8.42 Å². The number of ether oxygens (including phenoxy) is 1. The molecule has 0 radical (unpaired) electrons. The van der Waals surface area contributed by atoms with Gasteiger partial charge in [0.1, 0.15) is 0 Å². The van der Waals surface area contributed by atoms with E-state index in [2.05, 4.69) is 34.4 Å². The largest absolute Gasteiger partial charge is 0.379 e. The minimum atomic E-state index is -3.13. The Balaban J connectivity index is 0.00000676. The third-order valence-corrected chi connectivity index (χ3v) is 7.24. The number of nitrogens with zero attached hydrogens (tertiary/aromatic N) is 2. The summed E-state index contributed by atoms with van der Waals surface area (Å²) in [5.41, 5.74) is 0. The van der Waals surface area contributed by atoms with Gasteiger partial charge in [0.05, 0.1) is 23.7 Å². The highest BCUT2D eigenvalue weighted by molar-refractivity contribution is 14.0. The molecule has 9 heteroatoms. The van der Waals surface area contributed by atoms with Crippen LogP contribution in [0.25, 0.3) is 0 Å². The van der Waals surface area contributed by atoms with Crippen molar-refractivity contribution < 1.29 is 13.2 Å². The first-order valence-corrected chi connectivity index (χ1v) is 11.2. The molecule has 0 aliphatic carbocycles. The molecule has 0 aromatic rings. The fraction of sp³-hybridized carbons (Fsp3) is 0.944. The number of morpholine rings is 1. The van der Waals surface area contributed by atoms with Crippen LogP contribution in [-0.4, -0.2) is 82.3 Å². The Hall–Kier alpha value is -0.130. The maximum Gasteiger partial charge on any atom is 0.191 e. The zero-order valence-electron chi connectivity index (χ0n) is 17.7. The number of nitrogens with one attached hydrogen (secondary N) is 2. The van der Waals surface area contributed by atoms with Gasteiger partial charge in [-0.1, -0.05) is 13.8 Å². The molecular formula is C18H39IN4O3S. The molecule has 0 spiro atoms. The van der Waals surface area contributed by atoms with E-state index >= 15 is 0 Å². The van der Waals surface area contributed by atoms with E-state index in [1.165, 1.54) is 0 Å². The zero-order chi connectivity index (χ0) is 19.8. The van der Waals surface area contributed by atoms with Gasteiger partial charge in [-0.15, -0.1) is 24.0 Å². The fourth-order valence-corrected chi connectivity index (χ4v) is 3.88. The number of hydrogen-bond donors (Lipinski definition) is 2. The van der Waals surface area contributed by atoms with Crippen molar-refractivity contribution in [2.45, 2.75) is 51.8 Å². The minimum absolute atomic E-state index is 0. The predicted molar refractivity (Wildman–Crippen MR) is 124 cm³/mol. The Morgan fingerprint density at radius 1 is 1.19 bits per heavy atom. The van der Waals surface area contributed by atoms with Gasteiger partial charge >= 0.3 is 0 Å². The first-order chi connectivity index (χ1) is 12.1. The van der Waals surface area contributed by atoms with E-state index < -0.39 is 14.6 Å². The molecule has 27 heavy (non-hydrogen) atoms. The first kappa shape index (κ1) is 26.9. The molecule has 1 rings (SSSR count). The molecular weight excluding hydrogens is 479 g/mol. The monoisotopic (exact) mass is 518 g/mol. The molecule has 162 valence electrons. The van der Waals surface area contributed by atoms with Gasteiger partial charge in [0, 0.05) is 39.3 Å². The normalized spacial score (nSPS) is 18.1. The first-order valence-electron chi connectivity index (χ1n) is 9.55. The van der Waals surface area contributed by atoms with E-state index in [1.807, 2.05) is 0 Å². The Morgan fingerprint density at radius 3 is 2.26 bits per heavy atom. The predicted octanol–water partition coefficient (Wildman–Crippen LogP) is 1.73. The molecule has 1 aliphatic rings. The van der Waals surface area contributed by atoms with Crippen LogP contribution in [0.5, 0.6) is 0 Å². The Labute approximate surface area is 183 Å². The summed E-state index contributed by atoms with van der Waals surface area (Å²) < 4.78 is 29.1. The van der Waals surface area contributed by atoms with Gasteiger partial charge in [0.25, 0.3) is 0 Å². The molecule has 0 bridgehead atoms. The van der Waals surface area contributed by atoms with Crippen molar-refractivity contribution in [1.82, 2.24) is 15.5 Å². The summed E-state index contributed by atoms with van der Waals surface area (Å²) in [7, 11) is -1.43. The number of rotatable bonds is 8. The SMILES string of the molecule is CN=C(NCCS(=O)(=O)C(C)(C)C)NCC(CC(C)C)N1CCOCC1.I. The average Bonchev–Trinajstić information content (AvgIpc) is 2.56. The molecule has 7 nitrogen and oxygen atoms in total. The van der Waals surface area contributed by atoms with Crippen molar-refractivity contribution in [3.63, 3.8) is 0 Å². The second-order valence-electron chi connectivity index (χ2n) is 8.24. The molecule has 1 fully saturated rings. The van der Waals surface area contributed by atoms with Gasteiger partial charge in [-0.3, -0.25) is 9.89 Å². The Kier molecular flexibility index (Phi) is 12.4. The maximum atomic E-state index is 12.2. The van der Waals surface area contributed by atoms with Crippen LogP contribution in [0.4, 0.5) is 0 Å². The van der Waals surface area contributed by atoms with Gasteiger partial charge in [-0.05, 0) is 33.1 Å². The van der Waals surface area contributed by atoms with Crippen molar-refractivity contribution >= 4 is 39.8 Å². The quantitative estimate of drug-likeness (QED) is 0.290. The van der Waals surface area contributed by atoms with E-state index in [4.69, 9.17) is 4.74 Å². The standard InChI is InChI=1S/C18H38N4O3S.HI/c1-15(2)13-16(22-8-10-25-11-9-22)14-21-17(19-6)20-7-12-26(23,24)18(3,4)5;/h15-16H,7-14H2,1-6H3,(H2,19,20,21);1H. The molecule has 0 aromatic carbocycles. The number of sulfone groups is 1. The maximum absolute atomic E-state index is 12.2. The van der Waals surface area contributed by atoms with Gasteiger partial charge < -0.3 is 15.4 Å². The molecule has 1 saturated heterocycles. The van der Waals surface area contributed by atoms with Gasteiger partial charge in [0.2, 0.25) is 0 Å². The Bertz CT molecular complexity index is 541. The van der Waals surface area contributed by atoms with Crippen molar-refractivity contribution in [2.75, 3.05) is 52.2 Å². The third-order valence-electron chi connectivity index (χ3n) is 4.63. The lowest BCUT2D eigenvalue weighted by atomic mass is 10.0. The van der Waals surface area contributed by atoms with Crippen LogP contribution < -0.4 is 10.6 Å². The van der Waals surface area contributed by atoms with E-state index in [-0.39, 0.29) is 29.7 Å². The molecule has 0 saturated carbocycles. The van der Waals surface area contributed by atoms with Crippen molar-refractivity contribution in [3.8, 4) is 0 Å². The smallest absolute Gasteiger partial charge is 0.191 e. The van der Waals surface area contributed by atoms with Gasteiger partial charge in [0.15, 0.2) is 15.8 Å². The van der Waals surface area contributed by atoms with Crippen LogP contribution in [0.1, 0.15) is 41.0 Å². The van der Waals surface area contributed by atoms with Gasteiger partial charge in [-0.2, -0.15) is 0 Å². The van der Waals surface area contributed by atoms with Crippen LogP contribution in [0.2, 0.25) is 0 Å². The summed E-state index contributed by atoms with van der Waals surface area (Å²) in [6.45, 7) is 14.3. The van der Waals surface area contributed by atoms with Crippen molar-refractivity contribution in [3.05, 3.63) is 0 Å². The highest BCUT2D eigenvalue weighted by Crippen LogP contribution is 2.15. The van der Waals surface area contributed by atoms with E-state index in [0.29, 0.717) is 24.5 Å². The number of hydrogen-bond acceptors (Lipinski definition) is 5. The topological polar surface area (TPSA) is 83.0 Å². The fourth-order valence-electron chi connectivity index (χ4n) is 2.89. The van der Waals surface area contributed by atoms with Gasteiger partial charge in [-0.25, -0.2) is 8.42 Å². The second-order valence-corrected chi connectivity index (χ2v) is 11.1. The van der Waals surface area contributed by atoms with Crippen molar-refractivity contribution in [1.29, 1.82) is 0 Å². The van der Waals surface area contributed by atoms with E-state index in [1.54, 1.807) is 27.8 Å². The lowest BCUT2D eigenvalue weighted by molar-refractivity contribution is 0.0132. The number of aliphatic imine (C=N–C) groups is 1. The lowest BCUT2D eigenvalue weighted by Crippen LogP contribution is -2.51. The molecule has 0 aromatic heterocycles. The van der Waals surface area contributed by atoms with Crippen LogP contribution in [0.3, 0.4) is 0 Å². The summed E-state index contributed by atoms with van der Waals surface area (Å²) in [4.78, 5) is 6.69. The summed E-state index contributed by atoms with van der Waals surface area (Å²) in [5.74, 6) is 1.35.